The summed E-state index contributed by atoms with van der Waals surface area (Å²) in [7, 11) is 0. The average molecular weight is 198 g/mol. The van der Waals surface area contributed by atoms with E-state index in [0.29, 0.717) is 6.42 Å². The zero-order chi connectivity index (χ0) is 10.7. The molecule has 0 bridgehead atoms. The molecule has 1 nitrogen and oxygen atoms in total. The Hall–Kier alpha value is -1.63. The summed E-state index contributed by atoms with van der Waals surface area (Å²) in [5.41, 5.74) is 0.816. The third kappa shape index (κ3) is 2.07. The molecule has 2 rings (SSSR count). The normalized spacial score (nSPS) is 13.4. The second-order valence-electron chi connectivity index (χ2n) is 3.66. The number of Topliss-reactive ketones (excluding diaryl/α,β-unsaturated/α-hetero) is 1. The Bertz CT molecular complexity index is 521. The SMILES string of the molecule is CCC(=O)c1ccc2c(c1)=CC=CCC=2. The lowest BCUT2D eigenvalue weighted by Crippen LogP contribution is -2.24. The van der Waals surface area contributed by atoms with Crippen LogP contribution in [-0.4, -0.2) is 5.78 Å². The van der Waals surface area contributed by atoms with Crippen molar-refractivity contribution < 1.29 is 4.79 Å². The van der Waals surface area contributed by atoms with Gasteiger partial charge >= 0.3 is 0 Å². The highest BCUT2D eigenvalue weighted by molar-refractivity contribution is 5.95. The number of carbonyl (C=O) groups excluding carboxylic acids is 1. The molecule has 15 heavy (non-hydrogen) atoms. The summed E-state index contributed by atoms with van der Waals surface area (Å²) in [6, 6.07) is 5.93. The summed E-state index contributed by atoms with van der Waals surface area (Å²) in [5, 5.41) is 2.36. The zero-order valence-electron chi connectivity index (χ0n) is 8.86. The maximum absolute atomic E-state index is 11.5. The molecule has 0 aromatic heterocycles. The van der Waals surface area contributed by atoms with Gasteiger partial charge in [0.25, 0.3) is 0 Å². The van der Waals surface area contributed by atoms with Gasteiger partial charge in [-0.25, -0.2) is 0 Å². The van der Waals surface area contributed by atoms with Crippen LogP contribution in [0, 0.1) is 0 Å². The molecule has 0 amide bonds. The average Bonchev–Trinajstić information content (AvgIpc) is 2.51. The third-order valence-electron chi connectivity index (χ3n) is 2.62. The highest BCUT2D eigenvalue weighted by Gasteiger charge is 2.01. The highest BCUT2D eigenvalue weighted by atomic mass is 16.1. The van der Waals surface area contributed by atoms with E-state index in [1.165, 1.54) is 5.22 Å². The maximum atomic E-state index is 11.5. The topological polar surface area (TPSA) is 17.1 Å². The second kappa shape index (κ2) is 4.26. The minimum absolute atomic E-state index is 0.208. The van der Waals surface area contributed by atoms with E-state index < -0.39 is 0 Å². The van der Waals surface area contributed by atoms with Crippen molar-refractivity contribution in [1.82, 2.24) is 0 Å². The number of rotatable bonds is 2. The van der Waals surface area contributed by atoms with Crippen molar-refractivity contribution >= 4 is 17.9 Å². The van der Waals surface area contributed by atoms with Crippen molar-refractivity contribution in [2.24, 2.45) is 0 Å². The molecule has 0 unspecified atom stereocenters. The van der Waals surface area contributed by atoms with E-state index in [1.54, 1.807) is 0 Å². The zero-order valence-corrected chi connectivity index (χ0v) is 8.86. The lowest BCUT2D eigenvalue weighted by atomic mass is 10.1. The van der Waals surface area contributed by atoms with Crippen LogP contribution >= 0.6 is 0 Å². The van der Waals surface area contributed by atoms with Gasteiger partial charge in [0.15, 0.2) is 5.78 Å². The first-order valence-electron chi connectivity index (χ1n) is 5.31. The molecule has 0 N–H and O–H groups in total. The Morgan fingerprint density at radius 2 is 2.20 bits per heavy atom. The van der Waals surface area contributed by atoms with E-state index >= 15 is 0 Å². The smallest absolute Gasteiger partial charge is 0.162 e. The van der Waals surface area contributed by atoms with E-state index in [1.807, 2.05) is 31.2 Å². The van der Waals surface area contributed by atoms with Gasteiger partial charge in [-0.3, -0.25) is 4.79 Å². The van der Waals surface area contributed by atoms with Crippen molar-refractivity contribution in [3.8, 4) is 0 Å². The molecule has 1 aliphatic carbocycles. The molecule has 0 spiro atoms. The minimum Gasteiger partial charge on any atom is -0.294 e. The van der Waals surface area contributed by atoms with Gasteiger partial charge in [0.1, 0.15) is 0 Å². The van der Waals surface area contributed by atoms with Gasteiger partial charge < -0.3 is 0 Å². The van der Waals surface area contributed by atoms with Crippen molar-refractivity contribution in [1.29, 1.82) is 0 Å². The van der Waals surface area contributed by atoms with E-state index in [2.05, 4.69) is 18.2 Å². The van der Waals surface area contributed by atoms with Crippen LogP contribution in [0.1, 0.15) is 30.1 Å². The number of allylic oxidation sites excluding steroid dienone is 2. The molecular formula is C14H14O. The van der Waals surface area contributed by atoms with Gasteiger partial charge in [-0.05, 0) is 22.9 Å². The number of fused-ring (bicyclic) bond motifs is 1. The molecule has 1 heteroatoms. The lowest BCUT2D eigenvalue weighted by molar-refractivity contribution is 0.0988. The summed E-state index contributed by atoms with van der Waals surface area (Å²) < 4.78 is 0. The first-order chi connectivity index (χ1) is 7.31. The van der Waals surface area contributed by atoms with Gasteiger partial charge in [-0.2, -0.15) is 0 Å². The van der Waals surface area contributed by atoms with Gasteiger partial charge in [0, 0.05) is 12.0 Å². The summed E-state index contributed by atoms with van der Waals surface area (Å²) in [6.07, 6.45) is 9.92. The predicted octanol–water partition coefficient (Wildman–Crippen LogP) is 1.80. The molecule has 0 saturated carbocycles. The Balaban J connectivity index is 2.59. The van der Waals surface area contributed by atoms with Crippen molar-refractivity contribution in [2.75, 3.05) is 0 Å². The van der Waals surface area contributed by atoms with Gasteiger partial charge in [-0.1, -0.05) is 43.4 Å². The Kier molecular flexibility index (Phi) is 2.82. The number of ketones is 1. The quantitative estimate of drug-likeness (QED) is 0.662. The molecule has 1 aliphatic rings. The Morgan fingerprint density at radius 1 is 1.33 bits per heavy atom. The Morgan fingerprint density at radius 3 is 3.00 bits per heavy atom. The molecule has 0 radical (unpaired) electrons. The molecule has 76 valence electrons. The van der Waals surface area contributed by atoms with Crippen LogP contribution in [0.5, 0.6) is 0 Å². The summed E-state index contributed by atoms with van der Waals surface area (Å²) in [6.45, 7) is 1.89. The lowest BCUT2D eigenvalue weighted by Gasteiger charge is -1.97. The monoisotopic (exact) mass is 198 g/mol. The first kappa shape index (κ1) is 9.91. The number of benzene rings is 1. The standard InChI is InChI=1S/C14H14O/c1-2-14(15)13-9-8-11-6-4-3-5-7-12(11)10-13/h3,5-10H,2,4H2,1H3. The molecule has 0 saturated heterocycles. The third-order valence-corrected chi connectivity index (χ3v) is 2.62. The fraction of sp³-hybridized carbons (Fsp3) is 0.214. The van der Waals surface area contributed by atoms with Crippen molar-refractivity contribution in [3.05, 3.63) is 46.4 Å². The number of carbonyl (C=O) groups is 1. The van der Waals surface area contributed by atoms with Crippen LogP contribution in [0.4, 0.5) is 0 Å². The van der Waals surface area contributed by atoms with Gasteiger partial charge in [0.05, 0.1) is 0 Å². The molecular weight excluding hydrogens is 184 g/mol. The van der Waals surface area contributed by atoms with Crippen LogP contribution in [-0.2, 0) is 0 Å². The maximum Gasteiger partial charge on any atom is 0.162 e. The fourth-order valence-electron chi connectivity index (χ4n) is 1.73. The summed E-state index contributed by atoms with van der Waals surface area (Å²) >= 11 is 0. The number of hydrogen-bond donors (Lipinski definition) is 0. The molecule has 0 aliphatic heterocycles. The molecule has 1 aromatic rings. The molecule has 1 aromatic carbocycles. The van der Waals surface area contributed by atoms with Crippen LogP contribution in [0.3, 0.4) is 0 Å². The predicted molar refractivity (Wildman–Crippen MR) is 63.0 cm³/mol. The molecule has 0 heterocycles. The van der Waals surface area contributed by atoms with Crippen LogP contribution < -0.4 is 10.4 Å². The molecule has 0 fully saturated rings. The van der Waals surface area contributed by atoms with Crippen molar-refractivity contribution in [2.45, 2.75) is 19.8 Å². The first-order valence-corrected chi connectivity index (χ1v) is 5.31. The molecule has 0 atom stereocenters. The van der Waals surface area contributed by atoms with Crippen LogP contribution in [0.25, 0.3) is 12.2 Å². The van der Waals surface area contributed by atoms with Crippen molar-refractivity contribution in [3.63, 3.8) is 0 Å². The largest absolute Gasteiger partial charge is 0.294 e. The fourth-order valence-corrected chi connectivity index (χ4v) is 1.73. The van der Waals surface area contributed by atoms with Gasteiger partial charge in [-0.15, -0.1) is 0 Å². The van der Waals surface area contributed by atoms with Crippen LogP contribution in [0.15, 0.2) is 30.4 Å². The summed E-state index contributed by atoms with van der Waals surface area (Å²) in [5.74, 6) is 0.208. The second-order valence-corrected chi connectivity index (χ2v) is 3.66. The summed E-state index contributed by atoms with van der Waals surface area (Å²) in [4.78, 5) is 11.5. The minimum atomic E-state index is 0.208. The highest BCUT2D eigenvalue weighted by Crippen LogP contribution is 1.99. The van der Waals surface area contributed by atoms with E-state index in [-0.39, 0.29) is 5.78 Å². The van der Waals surface area contributed by atoms with E-state index in [0.717, 1.165) is 17.2 Å². The van der Waals surface area contributed by atoms with E-state index in [4.69, 9.17) is 0 Å². The number of hydrogen-bond acceptors (Lipinski definition) is 1. The Labute approximate surface area is 89.4 Å². The van der Waals surface area contributed by atoms with Crippen LogP contribution in [0.2, 0.25) is 0 Å². The van der Waals surface area contributed by atoms with Gasteiger partial charge in [0.2, 0.25) is 0 Å². The van der Waals surface area contributed by atoms with E-state index in [9.17, 15) is 4.79 Å².